The monoisotopic (exact) mass is 1640 g/mol. The first-order chi connectivity index (χ1) is 63.1. The van der Waals surface area contributed by atoms with Crippen LogP contribution in [0, 0.1) is 27.7 Å². The van der Waals surface area contributed by atoms with Gasteiger partial charge in [-0.3, -0.25) is 0 Å². The molecule has 0 amide bonds. The number of fused-ring (bicyclic) bond motifs is 12. The third-order valence-corrected chi connectivity index (χ3v) is 25.6. The molecule has 0 unspecified atom stereocenters. The first-order valence-electron chi connectivity index (χ1n) is 43.8. The number of benzene rings is 18. The number of aryl methyl sites for hydroxylation is 4. The number of para-hydroxylation sites is 6. The van der Waals surface area contributed by atoms with Gasteiger partial charge >= 0.3 is 0 Å². The molecule has 24 rings (SSSR count). The Labute approximate surface area is 742 Å². The molecule has 0 saturated carbocycles. The van der Waals surface area contributed by atoms with E-state index in [0.717, 1.165) is 96.1 Å². The van der Waals surface area contributed by atoms with E-state index in [0.29, 0.717) is 0 Å². The summed E-state index contributed by atoms with van der Waals surface area (Å²) < 4.78 is 9.59. The lowest BCUT2D eigenvalue weighted by atomic mass is 9.92. The number of aromatic nitrogens is 8. The minimum atomic E-state index is 0.723. The van der Waals surface area contributed by atoms with E-state index in [-0.39, 0.29) is 0 Å². The Balaban J connectivity index is 0.000000146. The summed E-state index contributed by atoms with van der Waals surface area (Å²) in [6.07, 6.45) is 0. The van der Waals surface area contributed by atoms with Crippen molar-refractivity contribution >= 4 is 87.2 Å². The Morgan fingerprint density at radius 3 is 0.766 bits per heavy atom. The number of nitrogens with zero attached hydrogens (tertiary/aromatic N) is 8. The molecule has 0 radical (unpaired) electrons. The van der Waals surface area contributed by atoms with Crippen LogP contribution in [0.1, 0.15) is 22.3 Å². The van der Waals surface area contributed by atoms with Gasteiger partial charge in [-0.25, -0.2) is 19.9 Å². The van der Waals surface area contributed by atoms with Gasteiger partial charge in [-0.2, -0.15) is 0 Å². The number of hydrogen-bond donors (Lipinski definition) is 0. The van der Waals surface area contributed by atoms with Crippen LogP contribution in [0.2, 0.25) is 0 Å². The molecule has 6 heterocycles. The van der Waals surface area contributed by atoms with E-state index in [9.17, 15) is 0 Å². The highest BCUT2D eigenvalue weighted by atomic mass is 15.0. The fourth-order valence-corrected chi connectivity index (χ4v) is 19.1. The standard InChI is InChI=1S/2C60H42N4/c1-39-15-19-45(20-16-39)54-38-55(62-60(61-54)47-21-17-40(2)18-22-47)46-29-27-43(28-30-46)41-23-25-42(26-24-41)44-31-33-48(34-32-44)63-58-14-8-5-11-52(58)53-37-49(35-36-59(53)63)64-56-12-6-3-9-50(56)51-10-4-7-13-57(51)64;1-39-36-52(55-38-54(44-15-5-3-6-16-44)61-60(62-55)45-17-7-4-8-18-45)40(2)35-51(39)43-27-25-41(26-28-43)42-29-31-46(32-30-42)63-58-24-14-11-21-50(58)53-37-47(33-34-59(53)63)64-56-22-12-9-19-48(56)49-20-10-13-23-57(49)64/h2*3-38H,1-2H3. The predicted molar refractivity (Wildman–Crippen MR) is 535 cm³/mol. The van der Waals surface area contributed by atoms with Crippen molar-refractivity contribution in [1.82, 2.24) is 38.2 Å². The van der Waals surface area contributed by atoms with Crippen molar-refractivity contribution < 1.29 is 0 Å². The highest BCUT2D eigenvalue weighted by Gasteiger charge is 2.22. The quantitative estimate of drug-likeness (QED) is 0.109. The van der Waals surface area contributed by atoms with Gasteiger partial charge < -0.3 is 18.3 Å². The summed E-state index contributed by atoms with van der Waals surface area (Å²) in [7, 11) is 0. The summed E-state index contributed by atoms with van der Waals surface area (Å²) in [6, 6.07) is 157. The lowest BCUT2D eigenvalue weighted by Gasteiger charge is -2.15. The molecule has 8 heteroatoms. The minimum Gasteiger partial charge on any atom is -0.309 e. The number of hydrogen-bond acceptors (Lipinski definition) is 4. The molecule has 6 aromatic heterocycles. The summed E-state index contributed by atoms with van der Waals surface area (Å²) in [5.74, 6) is 1.45. The van der Waals surface area contributed by atoms with Gasteiger partial charge in [-0.05, 0) is 199 Å². The van der Waals surface area contributed by atoms with Crippen molar-refractivity contribution in [2.45, 2.75) is 27.7 Å². The summed E-state index contributed by atoms with van der Waals surface area (Å²) in [6.45, 7) is 8.58. The molecule has 0 aliphatic heterocycles. The van der Waals surface area contributed by atoms with Crippen LogP contribution >= 0.6 is 0 Å². The van der Waals surface area contributed by atoms with Crippen LogP contribution in [-0.4, -0.2) is 38.2 Å². The molecule has 0 aliphatic rings. The SMILES string of the molecule is Cc1cc(-c2cc(-c3ccccc3)nc(-c3ccccc3)n2)c(C)cc1-c1ccc(-c2ccc(-n3c4ccccc4c4cc(-n5c6ccccc6c6ccccc65)ccc43)cc2)cc1.Cc1ccc(-c2cc(-c3ccc(-c4ccc(-c5ccc(-n6c7ccccc7c7cc(-n8c9ccccc9c9ccccc98)ccc76)cc5)cc4)cc3)nc(-c3ccc(C)cc3)n2)cc1. The molecule has 128 heavy (non-hydrogen) atoms. The van der Waals surface area contributed by atoms with Crippen LogP contribution in [0.4, 0.5) is 0 Å². The van der Waals surface area contributed by atoms with Crippen LogP contribution in [0.15, 0.2) is 437 Å². The van der Waals surface area contributed by atoms with Crippen molar-refractivity contribution in [3.05, 3.63) is 459 Å². The first kappa shape index (κ1) is 76.2. The lowest BCUT2D eigenvalue weighted by molar-refractivity contribution is 1.17. The Morgan fingerprint density at radius 2 is 0.391 bits per heavy atom. The summed E-state index contributed by atoms with van der Waals surface area (Å²) in [5.41, 5.74) is 38.4. The lowest BCUT2D eigenvalue weighted by Crippen LogP contribution is -1.98. The molecule has 24 aromatic rings. The zero-order valence-corrected chi connectivity index (χ0v) is 71.1. The molecular formula is C120H84N8. The molecular weight excluding hydrogens is 1550 g/mol. The molecule has 0 atom stereocenters. The van der Waals surface area contributed by atoms with Crippen LogP contribution in [-0.2, 0) is 0 Å². The van der Waals surface area contributed by atoms with Gasteiger partial charge in [0.25, 0.3) is 0 Å². The molecule has 8 nitrogen and oxygen atoms in total. The van der Waals surface area contributed by atoms with Crippen LogP contribution in [0.5, 0.6) is 0 Å². The van der Waals surface area contributed by atoms with E-state index in [4.69, 9.17) is 19.9 Å². The molecule has 0 spiro atoms. The van der Waals surface area contributed by atoms with Gasteiger partial charge in [0, 0.05) is 99.2 Å². The average molecular weight is 1640 g/mol. The molecule has 0 aliphatic carbocycles. The van der Waals surface area contributed by atoms with Crippen LogP contribution < -0.4 is 0 Å². The van der Waals surface area contributed by atoms with Gasteiger partial charge in [0.2, 0.25) is 0 Å². The average Bonchev–Trinajstić information content (AvgIpc) is 1.58. The van der Waals surface area contributed by atoms with Crippen molar-refractivity contribution in [3.8, 4) is 135 Å². The van der Waals surface area contributed by atoms with E-state index in [1.54, 1.807) is 0 Å². The van der Waals surface area contributed by atoms with Crippen LogP contribution in [0.3, 0.4) is 0 Å². The molecule has 0 saturated heterocycles. The maximum absolute atomic E-state index is 5.12. The Bertz CT molecular complexity index is 8160. The Morgan fingerprint density at radius 1 is 0.156 bits per heavy atom. The Kier molecular flexibility index (Phi) is 19.0. The third kappa shape index (κ3) is 13.8. The van der Waals surface area contributed by atoms with E-state index in [2.05, 4.69) is 458 Å². The molecule has 0 fully saturated rings. The van der Waals surface area contributed by atoms with E-state index < -0.39 is 0 Å². The highest BCUT2D eigenvalue weighted by molar-refractivity contribution is 6.14. The molecule has 604 valence electrons. The van der Waals surface area contributed by atoms with E-state index in [1.807, 2.05) is 24.3 Å². The van der Waals surface area contributed by atoms with Crippen molar-refractivity contribution in [1.29, 1.82) is 0 Å². The van der Waals surface area contributed by atoms with Gasteiger partial charge in [0.15, 0.2) is 11.6 Å². The summed E-state index contributed by atoms with van der Waals surface area (Å²) >= 11 is 0. The zero-order valence-electron chi connectivity index (χ0n) is 71.1. The van der Waals surface area contributed by atoms with Crippen LogP contribution in [0.25, 0.3) is 222 Å². The highest BCUT2D eigenvalue weighted by Crippen LogP contribution is 2.43. The van der Waals surface area contributed by atoms with Gasteiger partial charge in [-0.15, -0.1) is 0 Å². The van der Waals surface area contributed by atoms with Crippen molar-refractivity contribution in [2.75, 3.05) is 0 Å². The largest absolute Gasteiger partial charge is 0.309 e. The third-order valence-electron chi connectivity index (χ3n) is 25.6. The van der Waals surface area contributed by atoms with E-state index in [1.165, 1.54) is 148 Å². The van der Waals surface area contributed by atoms with Gasteiger partial charge in [0.05, 0.1) is 66.9 Å². The minimum absolute atomic E-state index is 0.723. The molecule has 18 aromatic carbocycles. The smallest absolute Gasteiger partial charge is 0.160 e. The fraction of sp³-hybridized carbons (Fsp3) is 0.0333. The predicted octanol–water partition coefficient (Wildman–Crippen LogP) is 31.2. The maximum atomic E-state index is 5.12. The molecule has 0 N–H and O–H groups in total. The summed E-state index contributed by atoms with van der Waals surface area (Å²) in [4.78, 5) is 20.2. The second-order valence-electron chi connectivity index (χ2n) is 33.5. The number of rotatable bonds is 14. The van der Waals surface area contributed by atoms with E-state index >= 15 is 0 Å². The Hall–Kier alpha value is -16.7. The fourth-order valence-electron chi connectivity index (χ4n) is 19.1. The van der Waals surface area contributed by atoms with Crippen molar-refractivity contribution in [3.63, 3.8) is 0 Å². The second kappa shape index (κ2) is 31.9. The topological polar surface area (TPSA) is 71.3 Å². The van der Waals surface area contributed by atoms with Crippen molar-refractivity contribution in [2.24, 2.45) is 0 Å². The normalized spacial score (nSPS) is 11.6. The first-order valence-corrected chi connectivity index (χ1v) is 43.8. The van der Waals surface area contributed by atoms with Gasteiger partial charge in [-0.1, -0.05) is 333 Å². The molecule has 0 bridgehead atoms. The van der Waals surface area contributed by atoms with Gasteiger partial charge in [0.1, 0.15) is 0 Å². The zero-order chi connectivity index (χ0) is 85.5. The maximum Gasteiger partial charge on any atom is 0.160 e. The summed E-state index contributed by atoms with van der Waals surface area (Å²) in [5, 5.41) is 10.0. The second-order valence-corrected chi connectivity index (χ2v) is 33.5.